The zero-order valence-corrected chi connectivity index (χ0v) is 19.1. The van der Waals surface area contributed by atoms with Gasteiger partial charge in [-0.05, 0) is 61.9 Å². The van der Waals surface area contributed by atoms with Gasteiger partial charge in [-0.2, -0.15) is 5.26 Å². The van der Waals surface area contributed by atoms with Crippen LogP contribution in [0.4, 0.5) is 5.00 Å². The van der Waals surface area contributed by atoms with Gasteiger partial charge in [-0.3, -0.25) is 4.79 Å². The van der Waals surface area contributed by atoms with Crippen molar-refractivity contribution in [1.82, 2.24) is 10.2 Å². The molecule has 0 aliphatic heterocycles. The first kappa shape index (κ1) is 21.7. The fourth-order valence-corrected chi connectivity index (χ4v) is 5.39. The summed E-state index contributed by atoms with van der Waals surface area (Å²) in [7, 11) is 0. The van der Waals surface area contributed by atoms with Crippen LogP contribution in [0.5, 0.6) is 5.75 Å². The zero-order valence-electron chi connectivity index (χ0n) is 16.7. The van der Waals surface area contributed by atoms with Gasteiger partial charge in [0.25, 0.3) is 11.1 Å². The van der Waals surface area contributed by atoms with Crippen LogP contribution in [0.25, 0.3) is 0 Å². The average molecular weight is 475 g/mol. The first-order chi connectivity index (χ1) is 15.0. The second-order valence-electron chi connectivity index (χ2n) is 7.02. The lowest BCUT2D eigenvalue weighted by Crippen LogP contribution is -2.14. The first-order valence-corrected chi connectivity index (χ1v) is 11.9. The Morgan fingerprint density at radius 1 is 1.39 bits per heavy atom. The summed E-state index contributed by atoms with van der Waals surface area (Å²) in [6, 6.07) is 7.59. The lowest BCUT2D eigenvalue weighted by atomic mass is 9.96. The molecule has 0 unspecified atom stereocenters. The van der Waals surface area contributed by atoms with Crippen LogP contribution < -0.4 is 10.1 Å². The Hall–Kier alpha value is -2.54. The number of thiophene rings is 1. The highest BCUT2D eigenvalue weighted by Crippen LogP contribution is 2.37. The molecule has 0 bridgehead atoms. The highest BCUT2D eigenvalue weighted by Gasteiger charge is 2.22. The maximum absolute atomic E-state index is 12.4. The molecule has 4 rings (SSSR count). The van der Waals surface area contributed by atoms with Crippen LogP contribution in [-0.2, 0) is 24.2 Å². The van der Waals surface area contributed by atoms with E-state index in [1.807, 2.05) is 13.0 Å². The number of nitrogens with zero attached hydrogens (tertiary/aromatic N) is 3. The summed E-state index contributed by atoms with van der Waals surface area (Å²) in [6.45, 7) is 2.02. The van der Waals surface area contributed by atoms with Crippen molar-refractivity contribution in [3.63, 3.8) is 0 Å². The molecule has 31 heavy (non-hydrogen) atoms. The lowest BCUT2D eigenvalue weighted by Gasteiger charge is -2.09. The van der Waals surface area contributed by atoms with Gasteiger partial charge in [0.1, 0.15) is 16.8 Å². The van der Waals surface area contributed by atoms with E-state index in [-0.39, 0.29) is 23.5 Å². The molecule has 1 aliphatic rings. The van der Waals surface area contributed by atoms with Gasteiger partial charge in [0, 0.05) is 9.90 Å². The molecule has 3 aromatic rings. The Morgan fingerprint density at radius 2 is 2.23 bits per heavy atom. The number of halogens is 1. The van der Waals surface area contributed by atoms with Gasteiger partial charge in [-0.25, -0.2) is 0 Å². The molecule has 0 atom stereocenters. The minimum absolute atomic E-state index is 0.103. The number of aromatic nitrogens is 2. The average Bonchev–Trinajstić information content (AvgIpc) is 3.35. The summed E-state index contributed by atoms with van der Waals surface area (Å²) in [6.07, 6.45) is 4.09. The van der Waals surface area contributed by atoms with Crippen LogP contribution >= 0.6 is 34.7 Å². The zero-order chi connectivity index (χ0) is 21.8. The van der Waals surface area contributed by atoms with Crippen molar-refractivity contribution >= 4 is 45.6 Å². The second-order valence-corrected chi connectivity index (χ2v) is 9.49. The molecule has 0 fully saturated rings. The number of benzene rings is 1. The molecule has 0 spiro atoms. The fraction of sp³-hybridized carbons (Fsp3) is 0.333. The van der Waals surface area contributed by atoms with Gasteiger partial charge in [-0.1, -0.05) is 23.4 Å². The Balaban J connectivity index is 1.30. The van der Waals surface area contributed by atoms with Crippen LogP contribution in [0.15, 0.2) is 27.8 Å². The molecule has 2 heterocycles. The van der Waals surface area contributed by atoms with Gasteiger partial charge < -0.3 is 14.5 Å². The Labute approximate surface area is 192 Å². The maximum Gasteiger partial charge on any atom is 0.277 e. The van der Waals surface area contributed by atoms with Gasteiger partial charge >= 0.3 is 0 Å². The molecule has 1 aliphatic carbocycles. The molecule has 0 radical (unpaired) electrons. The molecule has 10 heteroatoms. The van der Waals surface area contributed by atoms with Crippen molar-refractivity contribution in [2.45, 2.75) is 44.4 Å². The van der Waals surface area contributed by atoms with Crippen molar-refractivity contribution < 1.29 is 13.9 Å². The number of thioether (sulfide) groups is 1. The van der Waals surface area contributed by atoms with E-state index in [0.29, 0.717) is 27.2 Å². The van der Waals surface area contributed by atoms with Crippen LogP contribution in [0.2, 0.25) is 5.02 Å². The Morgan fingerprint density at radius 3 is 3.03 bits per heavy atom. The van der Waals surface area contributed by atoms with Crippen LogP contribution in [0.1, 0.15) is 40.3 Å². The lowest BCUT2D eigenvalue weighted by molar-refractivity contribution is -0.113. The molecule has 1 N–H and O–H groups in total. The summed E-state index contributed by atoms with van der Waals surface area (Å²) in [4.78, 5) is 13.6. The summed E-state index contributed by atoms with van der Waals surface area (Å²) in [5.41, 5.74) is 2.61. The first-order valence-electron chi connectivity index (χ1n) is 9.72. The largest absolute Gasteiger partial charge is 0.484 e. The SMILES string of the molecule is Cc1cc(Cl)ccc1OCc1nnc(SCC(=O)Nc2sc3c(c2C#N)CCCC3)o1. The van der Waals surface area contributed by atoms with Crippen LogP contribution in [0, 0.1) is 18.3 Å². The van der Waals surface area contributed by atoms with E-state index in [9.17, 15) is 10.1 Å². The van der Waals surface area contributed by atoms with Crippen LogP contribution in [0.3, 0.4) is 0 Å². The van der Waals surface area contributed by atoms with Crippen molar-refractivity contribution in [3.8, 4) is 11.8 Å². The van der Waals surface area contributed by atoms with Gasteiger partial charge in [0.15, 0.2) is 6.61 Å². The highest BCUT2D eigenvalue weighted by atomic mass is 35.5. The number of ether oxygens (including phenoxy) is 1. The monoisotopic (exact) mass is 474 g/mol. The minimum atomic E-state index is -0.215. The van der Waals surface area contributed by atoms with Gasteiger partial charge in [0.2, 0.25) is 5.91 Å². The van der Waals surface area contributed by atoms with Gasteiger partial charge in [-0.15, -0.1) is 21.5 Å². The van der Waals surface area contributed by atoms with E-state index in [0.717, 1.165) is 48.6 Å². The molecule has 1 aromatic carbocycles. The smallest absolute Gasteiger partial charge is 0.277 e. The number of rotatable bonds is 7. The Kier molecular flexibility index (Phi) is 6.80. The van der Waals surface area contributed by atoms with E-state index in [4.69, 9.17) is 20.8 Å². The number of fused-ring (bicyclic) bond motifs is 1. The number of nitriles is 1. The third-order valence-corrected chi connectivity index (χ3v) is 7.06. The molecule has 160 valence electrons. The topological polar surface area (TPSA) is 101 Å². The van der Waals surface area contributed by atoms with Crippen molar-refractivity contribution in [1.29, 1.82) is 5.26 Å². The number of anilines is 1. The molecule has 1 amide bonds. The molecule has 0 saturated carbocycles. The van der Waals surface area contributed by atoms with Crippen LogP contribution in [-0.4, -0.2) is 21.9 Å². The number of amides is 1. The minimum Gasteiger partial charge on any atom is -0.484 e. The van der Waals surface area contributed by atoms with E-state index >= 15 is 0 Å². The van der Waals surface area contributed by atoms with E-state index in [1.165, 1.54) is 16.2 Å². The quantitative estimate of drug-likeness (QED) is 0.472. The number of hydrogen-bond acceptors (Lipinski definition) is 8. The molecule has 7 nitrogen and oxygen atoms in total. The third kappa shape index (κ3) is 5.21. The predicted molar refractivity (Wildman–Crippen MR) is 120 cm³/mol. The van der Waals surface area contributed by atoms with E-state index in [1.54, 1.807) is 12.1 Å². The molecular formula is C21H19ClN4O3S2. The highest BCUT2D eigenvalue weighted by molar-refractivity contribution is 7.99. The normalized spacial score (nSPS) is 12.8. The summed E-state index contributed by atoms with van der Waals surface area (Å²) < 4.78 is 11.2. The number of carbonyl (C=O) groups is 1. The van der Waals surface area contributed by atoms with E-state index < -0.39 is 0 Å². The number of nitrogens with one attached hydrogen (secondary N) is 1. The number of aryl methyl sites for hydroxylation is 2. The molecule has 2 aromatic heterocycles. The summed E-state index contributed by atoms with van der Waals surface area (Å²) in [5.74, 6) is 0.887. The van der Waals surface area contributed by atoms with Crippen molar-refractivity contribution in [2.24, 2.45) is 0 Å². The third-order valence-electron chi connectivity index (χ3n) is 4.80. The number of hydrogen-bond donors (Lipinski definition) is 1. The fourth-order valence-electron chi connectivity index (χ4n) is 3.33. The van der Waals surface area contributed by atoms with E-state index in [2.05, 4.69) is 21.6 Å². The predicted octanol–water partition coefficient (Wildman–Crippen LogP) is 5.15. The van der Waals surface area contributed by atoms with Crippen molar-refractivity contribution in [3.05, 3.63) is 50.7 Å². The maximum atomic E-state index is 12.4. The molecular weight excluding hydrogens is 456 g/mol. The standard InChI is InChI=1S/C21H19ClN4O3S2/c1-12-8-13(22)6-7-16(12)28-10-19-25-26-21(29-19)30-11-18(27)24-20-15(9-23)14-4-2-3-5-17(14)31-20/h6-8H,2-5,10-11H2,1H3,(H,24,27). The van der Waals surface area contributed by atoms with Gasteiger partial charge in [0.05, 0.1) is 11.3 Å². The van der Waals surface area contributed by atoms with Crippen molar-refractivity contribution in [2.75, 3.05) is 11.1 Å². The Bertz CT molecular complexity index is 1150. The summed E-state index contributed by atoms with van der Waals surface area (Å²) in [5, 5.41) is 21.8. The molecule has 0 saturated heterocycles. The summed E-state index contributed by atoms with van der Waals surface area (Å²) >= 11 is 8.59. The second kappa shape index (κ2) is 9.73. The number of carbonyl (C=O) groups excluding carboxylic acids is 1.